The summed E-state index contributed by atoms with van der Waals surface area (Å²) in [5.74, 6) is -3.14. The molecule has 10 heteroatoms. The maximum atomic E-state index is 13.3. The van der Waals surface area contributed by atoms with Gasteiger partial charge in [-0.15, -0.1) is 0 Å². The summed E-state index contributed by atoms with van der Waals surface area (Å²) in [4.78, 5) is 13.4. The van der Waals surface area contributed by atoms with E-state index < -0.39 is 42.7 Å². The number of alkyl halides is 6. The Morgan fingerprint density at radius 2 is 1.76 bits per heavy atom. The van der Waals surface area contributed by atoms with E-state index in [-0.39, 0.29) is 38.8 Å². The lowest BCUT2D eigenvalue weighted by Crippen LogP contribution is -2.58. The molecule has 0 aromatic rings. The molecule has 0 aromatic heterocycles. The summed E-state index contributed by atoms with van der Waals surface area (Å²) >= 11 is 0. The van der Waals surface area contributed by atoms with Gasteiger partial charge in [0.1, 0.15) is 6.04 Å². The van der Waals surface area contributed by atoms with Crippen molar-refractivity contribution in [2.24, 2.45) is 11.8 Å². The highest BCUT2D eigenvalue weighted by atomic mass is 19.4. The minimum absolute atomic E-state index is 0.0285. The SMILES string of the molecule is O=C(NCC(N1CCNCC1)C(F)(F)F)C1CCCC(C(F)(F)F)C1. The Morgan fingerprint density at radius 3 is 2.32 bits per heavy atom. The van der Waals surface area contributed by atoms with Gasteiger partial charge in [-0.25, -0.2) is 0 Å². The first-order valence-electron chi connectivity index (χ1n) is 8.45. The number of nitrogens with zero attached hydrogens (tertiary/aromatic N) is 1. The van der Waals surface area contributed by atoms with Gasteiger partial charge >= 0.3 is 12.4 Å². The van der Waals surface area contributed by atoms with Crippen LogP contribution in [0, 0.1) is 11.8 Å². The summed E-state index contributed by atoms with van der Waals surface area (Å²) in [6.07, 6.45) is -8.72. The third-order valence-electron chi connectivity index (χ3n) is 4.95. The highest BCUT2D eigenvalue weighted by Crippen LogP contribution is 2.40. The largest absolute Gasteiger partial charge is 0.405 e. The third-order valence-corrected chi connectivity index (χ3v) is 4.95. The van der Waals surface area contributed by atoms with Crippen molar-refractivity contribution < 1.29 is 31.1 Å². The van der Waals surface area contributed by atoms with Gasteiger partial charge in [0.05, 0.1) is 5.92 Å². The number of amides is 1. The summed E-state index contributed by atoms with van der Waals surface area (Å²) in [7, 11) is 0. The van der Waals surface area contributed by atoms with Crippen molar-refractivity contribution in [2.75, 3.05) is 32.7 Å². The van der Waals surface area contributed by atoms with Crippen molar-refractivity contribution >= 4 is 5.91 Å². The second-order valence-corrected chi connectivity index (χ2v) is 6.69. The van der Waals surface area contributed by atoms with E-state index in [1.54, 1.807) is 0 Å². The highest BCUT2D eigenvalue weighted by molar-refractivity contribution is 5.78. The van der Waals surface area contributed by atoms with E-state index >= 15 is 0 Å². The van der Waals surface area contributed by atoms with Crippen LogP contribution in [0.15, 0.2) is 0 Å². The molecule has 1 heterocycles. The van der Waals surface area contributed by atoms with Crippen LogP contribution in [0.5, 0.6) is 0 Å². The molecule has 0 bridgehead atoms. The van der Waals surface area contributed by atoms with Crippen LogP contribution in [0.1, 0.15) is 25.7 Å². The number of hydrogen-bond donors (Lipinski definition) is 2. The van der Waals surface area contributed by atoms with Crippen LogP contribution in [0.2, 0.25) is 0 Å². The van der Waals surface area contributed by atoms with E-state index in [9.17, 15) is 31.1 Å². The van der Waals surface area contributed by atoms with Gasteiger partial charge in [-0.3, -0.25) is 9.69 Å². The number of hydrogen-bond acceptors (Lipinski definition) is 3. The predicted molar refractivity (Wildman–Crippen MR) is 78.8 cm³/mol. The average Bonchev–Trinajstić information content (AvgIpc) is 2.54. The molecule has 1 saturated carbocycles. The van der Waals surface area contributed by atoms with Crippen molar-refractivity contribution in [1.29, 1.82) is 0 Å². The molecule has 1 saturated heterocycles. The number of halogens is 6. The zero-order valence-electron chi connectivity index (χ0n) is 13.7. The molecule has 2 rings (SSSR count). The van der Waals surface area contributed by atoms with Gasteiger partial charge in [0.25, 0.3) is 0 Å². The standard InChI is InChI=1S/C15H23F6N3O/c16-14(17,18)11-3-1-2-10(8-11)13(25)23-9-12(15(19,20)21)24-6-4-22-5-7-24/h10-12,22H,1-9H2,(H,23,25). The quantitative estimate of drug-likeness (QED) is 0.742. The van der Waals surface area contributed by atoms with Gasteiger partial charge in [-0.05, 0) is 19.3 Å². The van der Waals surface area contributed by atoms with Crippen LogP contribution in [0.4, 0.5) is 26.3 Å². The van der Waals surface area contributed by atoms with Crippen LogP contribution < -0.4 is 10.6 Å². The maximum absolute atomic E-state index is 13.3. The number of rotatable bonds is 4. The molecule has 4 nitrogen and oxygen atoms in total. The molecule has 0 spiro atoms. The third kappa shape index (κ3) is 5.73. The predicted octanol–water partition coefficient (Wildman–Crippen LogP) is 2.31. The van der Waals surface area contributed by atoms with E-state index in [2.05, 4.69) is 10.6 Å². The van der Waals surface area contributed by atoms with Crippen molar-refractivity contribution in [2.45, 2.75) is 44.1 Å². The maximum Gasteiger partial charge on any atom is 0.405 e. The molecule has 3 atom stereocenters. The van der Waals surface area contributed by atoms with Crippen LogP contribution in [-0.4, -0.2) is 61.9 Å². The average molecular weight is 375 g/mol. The fourth-order valence-corrected chi connectivity index (χ4v) is 3.51. The Morgan fingerprint density at radius 1 is 1.12 bits per heavy atom. The second-order valence-electron chi connectivity index (χ2n) is 6.69. The number of carbonyl (C=O) groups is 1. The number of nitrogens with one attached hydrogen (secondary N) is 2. The van der Waals surface area contributed by atoms with Gasteiger partial charge in [0.15, 0.2) is 0 Å². The summed E-state index contributed by atoms with van der Waals surface area (Å²) in [6.45, 7) is 0.640. The van der Waals surface area contributed by atoms with E-state index in [1.165, 1.54) is 4.90 Å². The minimum Gasteiger partial charge on any atom is -0.354 e. The van der Waals surface area contributed by atoms with Crippen LogP contribution in [0.3, 0.4) is 0 Å². The van der Waals surface area contributed by atoms with Gasteiger partial charge in [0, 0.05) is 38.6 Å². The van der Waals surface area contributed by atoms with E-state index in [1.807, 2.05) is 0 Å². The molecular formula is C15H23F6N3O. The first-order valence-corrected chi connectivity index (χ1v) is 8.45. The Labute approximate surface area is 142 Å². The number of carbonyl (C=O) groups excluding carboxylic acids is 1. The Kier molecular flexibility index (Phi) is 6.58. The fraction of sp³-hybridized carbons (Fsp3) is 0.933. The smallest absolute Gasteiger partial charge is 0.354 e. The molecule has 0 aromatic carbocycles. The molecule has 25 heavy (non-hydrogen) atoms. The Balaban J connectivity index is 1.91. The monoisotopic (exact) mass is 375 g/mol. The first kappa shape index (κ1) is 20.3. The summed E-state index contributed by atoms with van der Waals surface area (Å²) in [5.41, 5.74) is 0. The van der Waals surface area contributed by atoms with Crippen molar-refractivity contribution in [3.8, 4) is 0 Å². The molecule has 1 aliphatic heterocycles. The zero-order valence-corrected chi connectivity index (χ0v) is 13.7. The first-order chi connectivity index (χ1) is 11.6. The summed E-state index contributed by atoms with van der Waals surface area (Å²) in [5, 5.41) is 5.19. The second kappa shape index (κ2) is 8.11. The molecule has 2 fully saturated rings. The normalized spacial score (nSPS) is 27.8. The van der Waals surface area contributed by atoms with Crippen molar-refractivity contribution in [3.63, 3.8) is 0 Å². The van der Waals surface area contributed by atoms with E-state index in [0.717, 1.165) is 0 Å². The van der Waals surface area contributed by atoms with Gasteiger partial charge in [0.2, 0.25) is 5.91 Å². The molecule has 0 radical (unpaired) electrons. The van der Waals surface area contributed by atoms with E-state index in [0.29, 0.717) is 13.1 Å². The van der Waals surface area contributed by atoms with Gasteiger partial charge in [-0.1, -0.05) is 6.42 Å². The summed E-state index contributed by atoms with van der Waals surface area (Å²) < 4.78 is 78.2. The molecule has 1 aliphatic carbocycles. The molecular weight excluding hydrogens is 352 g/mol. The van der Waals surface area contributed by atoms with E-state index in [4.69, 9.17) is 0 Å². The molecule has 146 valence electrons. The highest BCUT2D eigenvalue weighted by Gasteiger charge is 2.46. The number of piperazine rings is 1. The minimum atomic E-state index is -4.51. The van der Waals surface area contributed by atoms with Crippen molar-refractivity contribution in [1.82, 2.24) is 15.5 Å². The molecule has 2 aliphatic rings. The van der Waals surface area contributed by atoms with Crippen LogP contribution in [-0.2, 0) is 4.79 Å². The summed E-state index contributed by atoms with van der Waals surface area (Å²) in [6, 6.07) is -1.82. The molecule has 2 N–H and O–H groups in total. The van der Waals surface area contributed by atoms with Crippen LogP contribution >= 0.6 is 0 Å². The lowest BCUT2D eigenvalue weighted by Gasteiger charge is -2.36. The molecule has 1 amide bonds. The topological polar surface area (TPSA) is 44.4 Å². The Hall–Kier alpha value is -1.03. The fourth-order valence-electron chi connectivity index (χ4n) is 3.51. The van der Waals surface area contributed by atoms with Crippen molar-refractivity contribution in [3.05, 3.63) is 0 Å². The Bertz CT molecular complexity index is 448. The van der Waals surface area contributed by atoms with Gasteiger partial charge in [-0.2, -0.15) is 26.3 Å². The zero-order chi connectivity index (χ0) is 18.7. The lowest BCUT2D eigenvalue weighted by atomic mass is 9.80. The van der Waals surface area contributed by atoms with Crippen LogP contribution in [0.25, 0.3) is 0 Å². The lowest BCUT2D eigenvalue weighted by molar-refractivity contribution is -0.187. The molecule has 3 unspecified atom stereocenters. The van der Waals surface area contributed by atoms with Gasteiger partial charge < -0.3 is 10.6 Å².